The lowest BCUT2D eigenvalue weighted by molar-refractivity contribution is -0.385. The van der Waals surface area contributed by atoms with E-state index < -0.39 is 0 Å². The molecule has 0 saturated carbocycles. The summed E-state index contributed by atoms with van der Waals surface area (Å²) in [7, 11) is 0. The largest absolute Gasteiger partial charge is 0.272 e. The molecule has 0 aliphatic heterocycles. The van der Waals surface area contributed by atoms with E-state index in [4.69, 9.17) is 11.6 Å². The lowest BCUT2D eigenvalue weighted by Crippen LogP contribution is -2.02. The SMILES string of the molecule is CCCC(Cl)CCc1cccc([N+](=O)[O-])c1C. The molecule has 1 rings (SSSR count). The Kier molecular flexibility index (Phi) is 5.42. The predicted molar refractivity (Wildman–Crippen MR) is 70.7 cm³/mol. The van der Waals surface area contributed by atoms with Crippen molar-refractivity contribution in [1.82, 2.24) is 0 Å². The van der Waals surface area contributed by atoms with Crippen LogP contribution in [-0.4, -0.2) is 10.3 Å². The maximum absolute atomic E-state index is 10.8. The third-order valence-corrected chi connectivity index (χ3v) is 3.38. The van der Waals surface area contributed by atoms with Crippen molar-refractivity contribution in [2.45, 2.75) is 44.9 Å². The number of nitro benzene ring substituents is 1. The molecule has 1 atom stereocenters. The molecule has 1 aromatic carbocycles. The first-order valence-electron chi connectivity index (χ1n) is 5.93. The molecule has 1 unspecified atom stereocenters. The normalized spacial score (nSPS) is 12.4. The topological polar surface area (TPSA) is 43.1 Å². The second-order valence-corrected chi connectivity index (χ2v) is 4.86. The van der Waals surface area contributed by atoms with Crippen LogP contribution in [0.15, 0.2) is 18.2 Å². The summed E-state index contributed by atoms with van der Waals surface area (Å²) in [5.41, 5.74) is 1.99. The molecule has 0 aromatic heterocycles. The standard InChI is InChI=1S/C13H18ClNO2/c1-3-5-12(14)9-8-11-6-4-7-13(10(11)2)15(16)17/h4,6-7,12H,3,5,8-9H2,1-2H3. The van der Waals surface area contributed by atoms with E-state index in [1.54, 1.807) is 19.1 Å². The van der Waals surface area contributed by atoms with Gasteiger partial charge >= 0.3 is 0 Å². The van der Waals surface area contributed by atoms with Crippen molar-refractivity contribution < 1.29 is 4.92 Å². The molecule has 0 amide bonds. The number of rotatable bonds is 6. The molecule has 0 N–H and O–H groups in total. The highest BCUT2D eigenvalue weighted by Crippen LogP contribution is 2.23. The summed E-state index contributed by atoms with van der Waals surface area (Å²) in [4.78, 5) is 10.5. The van der Waals surface area contributed by atoms with Gasteiger partial charge in [0.15, 0.2) is 0 Å². The Hall–Kier alpha value is -1.09. The molecule has 0 radical (unpaired) electrons. The van der Waals surface area contributed by atoms with Crippen LogP contribution in [0.5, 0.6) is 0 Å². The summed E-state index contributed by atoms with van der Waals surface area (Å²) < 4.78 is 0. The summed E-state index contributed by atoms with van der Waals surface area (Å²) in [5, 5.41) is 11.0. The van der Waals surface area contributed by atoms with Crippen molar-refractivity contribution in [3.8, 4) is 0 Å². The van der Waals surface area contributed by atoms with Gasteiger partial charge in [0.1, 0.15) is 0 Å². The number of alkyl halides is 1. The van der Waals surface area contributed by atoms with Crippen molar-refractivity contribution in [3.05, 3.63) is 39.4 Å². The van der Waals surface area contributed by atoms with E-state index in [1.807, 2.05) is 6.07 Å². The molecule has 0 bridgehead atoms. The number of hydrogen-bond acceptors (Lipinski definition) is 2. The van der Waals surface area contributed by atoms with Gasteiger partial charge < -0.3 is 0 Å². The van der Waals surface area contributed by atoms with Crippen molar-refractivity contribution in [3.63, 3.8) is 0 Å². The highest BCUT2D eigenvalue weighted by Gasteiger charge is 2.13. The molecule has 0 spiro atoms. The van der Waals surface area contributed by atoms with Gasteiger partial charge in [-0.3, -0.25) is 10.1 Å². The Balaban J connectivity index is 2.72. The van der Waals surface area contributed by atoms with Gasteiger partial charge in [0.25, 0.3) is 5.69 Å². The summed E-state index contributed by atoms with van der Waals surface area (Å²) in [5.74, 6) is 0. The van der Waals surface area contributed by atoms with E-state index in [0.717, 1.165) is 36.8 Å². The fraction of sp³-hybridized carbons (Fsp3) is 0.538. The van der Waals surface area contributed by atoms with Gasteiger partial charge in [-0.25, -0.2) is 0 Å². The molecule has 94 valence electrons. The second kappa shape index (κ2) is 6.60. The van der Waals surface area contributed by atoms with Gasteiger partial charge in [-0.1, -0.05) is 25.5 Å². The predicted octanol–water partition coefficient (Wildman–Crippen LogP) is 4.24. The molecule has 0 aliphatic carbocycles. The number of aryl methyl sites for hydroxylation is 1. The van der Waals surface area contributed by atoms with Crippen LogP contribution < -0.4 is 0 Å². The van der Waals surface area contributed by atoms with Crippen LogP contribution >= 0.6 is 11.6 Å². The van der Waals surface area contributed by atoms with E-state index >= 15 is 0 Å². The quantitative estimate of drug-likeness (QED) is 0.433. The average molecular weight is 256 g/mol. The van der Waals surface area contributed by atoms with Crippen LogP contribution in [0.2, 0.25) is 0 Å². The molecule has 3 nitrogen and oxygen atoms in total. The molecular weight excluding hydrogens is 238 g/mol. The summed E-state index contributed by atoms with van der Waals surface area (Å²) in [6, 6.07) is 5.23. The molecule has 4 heteroatoms. The van der Waals surface area contributed by atoms with Crippen LogP contribution in [-0.2, 0) is 6.42 Å². The van der Waals surface area contributed by atoms with Gasteiger partial charge in [-0.15, -0.1) is 11.6 Å². The van der Waals surface area contributed by atoms with E-state index in [2.05, 4.69) is 6.92 Å². The van der Waals surface area contributed by atoms with Gasteiger partial charge in [0.05, 0.1) is 4.92 Å². The number of halogens is 1. The molecule has 0 fully saturated rings. The van der Waals surface area contributed by atoms with Crippen LogP contribution in [0.1, 0.15) is 37.3 Å². The molecule has 0 saturated heterocycles. The van der Waals surface area contributed by atoms with Crippen LogP contribution in [0, 0.1) is 17.0 Å². The Morgan fingerprint density at radius 2 is 2.12 bits per heavy atom. The van der Waals surface area contributed by atoms with Crippen LogP contribution in [0.25, 0.3) is 0 Å². The average Bonchev–Trinajstić information content (AvgIpc) is 2.27. The number of nitrogens with zero attached hydrogens (tertiary/aromatic N) is 1. The van der Waals surface area contributed by atoms with E-state index in [1.165, 1.54) is 0 Å². The van der Waals surface area contributed by atoms with Crippen LogP contribution in [0.3, 0.4) is 0 Å². The smallest absolute Gasteiger partial charge is 0.258 e. The Morgan fingerprint density at radius 3 is 2.71 bits per heavy atom. The third kappa shape index (κ3) is 4.00. The number of hydrogen-bond donors (Lipinski definition) is 0. The van der Waals surface area contributed by atoms with Gasteiger partial charge in [-0.05, 0) is 31.7 Å². The van der Waals surface area contributed by atoms with Crippen molar-refractivity contribution in [2.75, 3.05) is 0 Å². The minimum Gasteiger partial charge on any atom is -0.258 e. The zero-order chi connectivity index (χ0) is 12.8. The van der Waals surface area contributed by atoms with E-state index in [-0.39, 0.29) is 16.0 Å². The highest BCUT2D eigenvalue weighted by molar-refractivity contribution is 6.20. The highest BCUT2D eigenvalue weighted by atomic mass is 35.5. The minimum absolute atomic E-state index is 0.165. The summed E-state index contributed by atoms with van der Waals surface area (Å²) in [6.07, 6.45) is 3.75. The number of nitro groups is 1. The zero-order valence-corrected chi connectivity index (χ0v) is 11.0. The molecular formula is C13H18ClNO2. The third-order valence-electron chi connectivity index (χ3n) is 2.94. The van der Waals surface area contributed by atoms with Crippen molar-refractivity contribution in [2.24, 2.45) is 0 Å². The first kappa shape index (κ1) is 14.0. The number of benzene rings is 1. The molecule has 0 heterocycles. The Labute approximate surface area is 107 Å². The fourth-order valence-electron chi connectivity index (χ4n) is 1.91. The molecule has 17 heavy (non-hydrogen) atoms. The second-order valence-electron chi connectivity index (χ2n) is 4.24. The fourth-order valence-corrected chi connectivity index (χ4v) is 2.24. The Morgan fingerprint density at radius 1 is 1.41 bits per heavy atom. The monoisotopic (exact) mass is 255 g/mol. The minimum atomic E-state index is -0.330. The van der Waals surface area contributed by atoms with Gasteiger partial charge in [0, 0.05) is 17.0 Å². The molecule has 1 aromatic rings. The summed E-state index contributed by atoms with van der Waals surface area (Å²) in [6.45, 7) is 3.91. The van der Waals surface area contributed by atoms with E-state index in [9.17, 15) is 10.1 Å². The van der Waals surface area contributed by atoms with E-state index in [0.29, 0.717) is 0 Å². The first-order chi connectivity index (χ1) is 8.06. The lowest BCUT2D eigenvalue weighted by Gasteiger charge is -2.09. The van der Waals surface area contributed by atoms with Crippen LogP contribution in [0.4, 0.5) is 5.69 Å². The lowest BCUT2D eigenvalue weighted by atomic mass is 10.0. The first-order valence-corrected chi connectivity index (χ1v) is 6.36. The van der Waals surface area contributed by atoms with Crippen molar-refractivity contribution in [1.29, 1.82) is 0 Å². The Bertz CT molecular complexity index is 393. The maximum atomic E-state index is 10.8. The van der Waals surface area contributed by atoms with Gasteiger partial charge in [-0.2, -0.15) is 0 Å². The van der Waals surface area contributed by atoms with Gasteiger partial charge in [0.2, 0.25) is 0 Å². The van der Waals surface area contributed by atoms with Crippen molar-refractivity contribution >= 4 is 17.3 Å². The zero-order valence-electron chi connectivity index (χ0n) is 10.3. The molecule has 0 aliphatic rings. The maximum Gasteiger partial charge on any atom is 0.272 e. The summed E-state index contributed by atoms with van der Waals surface area (Å²) >= 11 is 6.15.